The minimum Gasteiger partial charge on any atom is -0.369 e. The fourth-order valence-electron chi connectivity index (χ4n) is 2.04. The van der Waals surface area contributed by atoms with E-state index >= 15 is 0 Å². The van der Waals surface area contributed by atoms with Crippen LogP contribution in [-0.4, -0.2) is 35.3 Å². The van der Waals surface area contributed by atoms with Crippen LogP contribution in [0.2, 0.25) is 0 Å². The second-order valence-corrected chi connectivity index (χ2v) is 4.47. The lowest BCUT2D eigenvalue weighted by molar-refractivity contribution is 0.0772. The molecule has 92 valence electrons. The van der Waals surface area contributed by atoms with Gasteiger partial charge in [-0.15, -0.1) is 0 Å². The van der Waals surface area contributed by atoms with Crippen molar-refractivity contribution in [3.05, 3.63) is 29.6 Å². The molecule has 2 rings (SSSR count). The van der Waals surface area contributed by atoms with Crippen molar-refractivity contribution >= 4 is 11.0 Å². The number of aromatic nitrogens is 2. The molecule has 0 radical (unpaired) electrons. The molecule has 2 aromatic rings. The number of benzene rings is 1. The summed E-state index contributed by atoms with van der Waals surface area (Å²) < 4.78 is 7.20. The normalized spacial score (nSPS) is 11.6. The Morgan fingerprint density at radius 1 is 1.41 bits per heavy atom. The minimum absolute atomic E-state index is 0.638. The first-order chi connectivity index (χ1) is 8.11. The number of fused-ring (bicyclic) bond motifs is 1. The van der Waals surface area contributed by atoms with Crippen molar-refractivity contribution in [2.75, 3.05) is 20.9 Å². The highest BCUT2D eigenvalue weighted by atomic mass is 16.5. The number of hydrogen-bond donors (Lipinski definition) is 0. The molecule has 0 saturated carbocycles. The fourth-order valence-corrected chi connectivity index (χ4v) is 2.04. The first-order valence-electron chi connectivity index (χ1n) is 5.71. The van der Waals surface area contributed by atoms with Crippen LogP contribution in [-0.2, 0) is 18.3 Å². The van der Waals surface area contributed by atoms with Gasteiger partial charge in [-0.05, 0) is 31.7 Å². The van der Waals surface area contributed by atoms with Gasteiger partial charge in [0.25, 0.3) is 0 Å². The van der Waals surface area contributed by atoms with Gasteiger partial charge in [-0.2, -0.15) is 0 Å². The summed E-state index contributed by atoms with van der Waals surface area (Å²) >= 11 is 0. The summed E-state index contributed by atoms with van der Waals surface area (Å²) in [5.74, 6) is 1.04. The van der Waals surface area contributed by atoms with Crippen molar-refractivity contribution in [3.8, 4) is 0 Å². The number of imidazole rings is 1. The van der Waals surface area contributed by atoms with Crippen molar-refractivity contribution in [1.82, 2.24) is 14.5 Å². The Kier molecular flexibility index (Phi) is 3.45. The number of ether oxygens (including phenoxy) is 1. The van der Waals surface area contributed by atoms with Gasteiger partial charge in [0.15, 0.2) is 0 Å². The average Bonchev–Trinajstić information content (AvgIpc) is 2.55. The lowest BCUT2D eigenvalue weighted by atomic mass is 10.2. The van der Waals surface area contributed by atoms with E-state index in [1.807, 2.05) is 21.0 Å². The average molecular weight is 233 g/mol. The van der Waals surface area contributed by atoms with E-state index in [-0.39, 0.29) is 0 Å². The smallest absolute Gasteiger partial charge is 0.106 e. The topological polar surface area (TPSA) is 30.3 Å². The van der Waals surface area contributed by atoms with Crippen LogP contribution in [0.25, 0.3) is 11.0 Å². The number of hydrogen-bond acceptors (Lipinski definition) is 3. The largest absolute Gasteiger partial charge is 0.369 e. The van der Waals surface area contributed by atoms with Crippen LogP contribution in [0, 0.1) is 6.92 Å². The third-order valence-electron chi connectivity index (χ3n) is 2.97. The van der Waals surface area contributed by atoms with Gasteiger partial charge in [0, 0.05) is 20.7 Å². The molecule has 0 fully saturated rings. The van der Waals surface area contributed by atoms with E-state index in [1.54, 1.807) is 7.11 Å². The van der Waals surface area contributed by atoms with E-state index in [0.717, 1.165) is 17.9 Å². The SMILES string of the molecule is COCN(C)Cc1ccc2c(c1)nc(C)n2C. The zero-order valence-electron chi connectivity index (χ0n) is 10.9. The van der Waals surface area contributed by atoms with E-state index in [9.17, 15) is 0 Å². The maximum atomic E-state index is 5.09. The molecule has 1 aromatic heterocycles. The van der Waals surface area contributed by atoms with Crippen molar-refractivity contribution in [1.29, 1.82) is 0 Å². The van der Waals surface area contributed by atoms with Gasteiger partial charge in [0.1, 0.15) is 5.82 Å². The van der Waals surface area contributed by atoms with E-state index in [0.29, 0.717) is 6.73 Å². The standard InChI is InChI=1S/C13H19N3O/c1-10-14-12-7-11(8-15(2)9-17-4)5-6-13(12)16(10)3/h5-7H,8-9H2,1-4H3. The van der Waals surface area contributed by atoms with Crippen molar-refractivity contribution in [2.24, 2.45) is 7.05 Å². The first kappa shape index (κ1) is 12.1. The second kappa shape index (κ2) is 4.85. The van der Waals surface area contributed by atoms with Crippen molar-refractivity contribution in [2.45, 2.75) is 13.5 Å². The van der Waals surface area contributed by atoms with E-state index in [1.165, 1.54) is 11.1 Å². The molecule has 0 amide bonds. The molecule has 17 heavy (non-hydrogen) atoms. The molecule has 0 unspecified atom stereocenters. The Hall–Kier alpha value is -1.39. The van der Waals surface area contributed by atoms with E-state index < -0.39 is 0 Å². The highest BCUT2D eigenvalue weighted by Crippen LogP contribution is 2.17. The van der Waals surface area contributed by atoms with Gasteiger partial charge in [-0.25, -0.2) is 4.98 Å². The minimum atomic E-state index is 0.638. The van der Waals surface area contributed by atoms with Crippen LogP contribution < -0.4 is 0 Å². The molecule has 0 spiro atoms. The molecule has 0 aliphatic heterocycles. The molecule has 0 saturated heterocycles. The molecule has 0 aliphatic carbocycles. The summed E-state index contributed by atoms with van der Waals surface area (Å²) in [4.78, 5) is 6.66. The van der Waals surface area contributed by atoms with Crippen molar-refractivity contribution < 1.29 is 4.74 Å². The first-order valence-corrected chi connectivity index (χ1v) is 5.71. The van der Waals surface area contributed by atoms with Gasteiger partial charge < -0.3 is 9.30 Å². The Morgan fingerprint density at radius 2 is 2.18 bits per heavy atom. The lowest BCUT2D eigenvalue weighted by Gasteiger charge is -2.15. The molecule has 0 N–H and O–H groups in total. The zero-order chi connectivity index (χ0) is 12.4. The van der Waals surface area contributed by atoms with E-state index in [4.69, 9.17) is 4.74 Å². The van der Waals surface area contributed by atoms with Gasteiger partial charge in [0.2, 0.25) is 0 Å². The van der Waals surface area contributed by atoms with Crippen LogP contribution in [0.5, 0.6) is 0 Å². The van der Waals surface area contributed by atoms with Crippen molar-refractivity contribution in [3.63, 3.8) is 0 Å². The molecule has 1 heterocycles. The highest BCUT2D eigenvalue weighted by molar-refractivity contribution is 5.76. The van der Waals surface area contributed by atoms with E-state index in [2.05, 4.69) is 32.7 Å². The maximum Gasteiger partial charge on any atom is 0.106 e. The molecule has 0 bridgehead atoms. The zero-order valence-corrected chi connectivity index (χ0v) is 10.9. The van der Waals surface area contributed by atoms with Crippen LogP contribution in [0.15, 0.2) is 18.2 Å². The third-order valence-corrected chi connectivity index (χ3v) is 2.97. The molecule has 4 nitrogen and oxygen atoms in total. The summed E-state index contributed by atoms with van der Waals surface area (Å²) in [6.45, 7) is 3.54. The number of aryl methyl sites for hydroxylation is 2. The summed E-state index contributed by atoms with van der Waals surface area (Å²) in [5, 5.41) is 0. The fraction of sp³-hybridized carbons (Fsp3) is 0.462. The Bertz CT molecular complexity index is 519. The second-order valence-electron chi connectivity index (χ2n) is 4.47. The number of rotatable bonds is 4. The Balaban J connectivity index is 2.26. The van der Waals surface area contributed by atoms with Gasteiger partial charge >= 0.3 is 0 Å². The van der Waals surface area contributed by atoms with Crippen LogP contribution >= 0.6 is 0 Å². The predicted octanol–water partition coefficient (Wildman–Crippen LogP) is 1.92. The van der Waals surface area contributed by atoms with Crippen LogP contribution in [0.1, 0.15) is 11.4 Å². The summed E-state index contributed by atoms with van der Waals surface area (Å²) in [6, 6.07) is 6.43. The molecule has 4 heteroatoms. The quantitative estimate of drug-likeness (QED) is 0.756. The van der Waals surface area contributed by atoms with Gasteiger partial charge in [-0.1, -0.05) is 6.07 Å². The lowest BCUT2D eigenvalue weighted by Crippen LogP contribution is -2.20. The van der Waals surface area contributed by atoms with Gasteiger partial charge in [0.05, 0.1) is 17.8 Å². The monoisotopic (exact) mass is 233 g/mol. The van der Waals surface area contributed by atoms with Gasteiger partial charge in [-0.3, -0.25) is 4.90 Å². The third kappa shape index (κ3) is 2.48. The predicted molar refractivity (Wildman–Crippen MR) is 68.8 cm³/mol. The Labute approximate surface area is 102 Å². The molecular weight excluding hydrogens is 214 g/mol. The maximum absolute atomic E-state index is 5.09. The van der Waals surface area contributed by atoms with Crippen LogP contribution in [0.3, 0.4) is 0 Å². The summed E-state index contributed by atoms with van der Waals surface area (Å²) in [5.41, 5.74) is 3.50. The van der Waals surface area contributed by atoms with Crippen LogP contribution in [0.4, 0.5) is 0 Å². The molecular formula is C13H19N3O. The number of nitrogens with zero attached hydrogens (tertiary/aromatic N) is 3. The highest BCUT2D eigenvalue weighted by Gasteiger charge is 2.06. The molecule has 0 aliphatic rings. The molecule has 0 atom stereocenters. The Morgan fingerprint density at radius 3 is 2.88 bits per heavy atom. The molecule has 1 aromatic carbocycles. The summed E-state index contributed by atoms with van der Waals surface area (Å²) in [6.07, 6.45) is 0. The number of methoxy groups -OCH3 is 1. The summed E-state index contributed by atoms with van der Waals surface area (Å²) in [7, 11) is 5.79.